The van der Waals surface area contributed by atoms with Crippen LogP contribution in [0.1, 0.15) is 25.0 Å². The SMILES string of the molecule is CC(C)(c1ccc(O)cc1)c1ccc(O)cc1.O=S(=O)(c1ccc(Cl)cc1)c1ccc(Cl)cc1.[Na].[Na]. The maximum atomic E-state index is 12.2. The molecule has 9 heteroatoms. The molecule has 178 valence electrons. The van der Waals surface area contributed by atoms with E-state index in [4.69, 9.17) is 23.2 Å². The topological polar surface area (TPSA) is 74.6 Å². The van der Waals surface area contributed by atoms with Crippen LogP contribution in [0.2, 0.25) is 10.0 Å². The number of rotatable bonds is 4. The fourth-order valence-electron chi connectivity index (χ4n) is 3.29. The van der Waals surface area contributed by atoms with Crippen LogP contribution in [0.15, 0.2) is 107 Å². The largest absolute Gasteiger partial charge is 0.508 e. The first-order valence-corrected chi connectivity index (χ1v) is 12.6. The van der Waals surface area contributed by atoms with Crippen LogP contribution in [0.4, 0.5) is 0 Å². The number of halogens is 2. The molecule has 4 nitrogen and oxygen atoms in total. The minimum atomic E-state index is -3.49. The third kappa shape index (κ3) is 8.52. The molecule has 0 saturated carbocycles. The van der Waals surface area contributed by atoms with Crippen LogP contribution in [0.3, 0.4) is 0 Å². The Balaban J connectivity index is 0.000000341. The fraction of sp³-hybridized carbons (Fsp3) is 0.111. The van der Waals surface area contributed by atoms with Gasteiger partial charge in [0.1, 0.15) is 11.5 Å². The third-order valence-corrected chi connectivity index (χ3v) is 7.72. The second kappa shape index (κ2) is 14.2. The van der Waals surface area contributed by atoms with Gasteiger partial charge in [0.05, 0.1) is 9.79 Å². The van der Waals surface area contributed by atoms with Crippen molar-refractivity contribution in [2.24, 2.45) is 0 Å². The van der Waals surface area contributed by atoms with Gasteiger partial charge < -0.3 is 10.2 Å². The van der Waals surface area contributed by atoms with E-state index in [1.54, 1.807) is 48.5 Å². The molecule has 0 aliphatic heterocycles. The van der Waals surface area contributed by atoms with Gasteiger partial charge in [-0.15, -0.1) is 0 Å². The third-order valence-electron chi connectivity index (χ3n) is 5.43. The molecular formula is C27H24Cl2Na2O4S. The summed E-state index contributed by atoms with van der Waals surface area (Å²) < 4.78 is 24.3. The van der Waals surface area contributed by atoms with Gasteiger partial charge in [-0.05, 0) is 83.9 Å². The number of hydrogen-bond donors (Lipinski definition) is 2. The molecule has 0 saturated heterocycles. The summed E-state index contributed by atoms with van der Waals surface area (Å²) in [5.74, 6) is 0.547. The number of benzene rings is 4. The average molecular weight is 561 g/mol. The van der Waals surface area contributed by atoms with Crippen molar-refractivity contribution in [1.29, 1.82) is 0 Å². The molecule has 0 spiro atoms. The van der Waals surface area contributed by atoms with Gasteiger partial charge in [-0.3, -0.25) is 0 Å². The molecule has 36 heavy (non-hydrogen) atoms. The van der Waals surface area contributed by atoms with Gasteiger partial charge in [-0.2, -0.15) is 0 Å². The molecule has 0 heterocycles. The van der Waals surface area contributed by atoms with E-state index in [0.717, 1.165) is 11.1 Å². The Hall–Kier alpha value is -0.990. The van der Waals surface area contributed by atoms with Gasteiger partial charge in [0.2, 0.25) is 9.84 Å². The average Bonchev–Trinajstić information content (AvgIpc) is 2.81. The summed E-state index contributed by atoms with van der Waals surface area (Å²) in [5.41, 5.74) is 2.10. The molecular weight excluding hydrogens is 537 g/mol. The van der Waals surface area contributed by atoms with E-state index < -0.39 is 9.84 Å². The Morgan fingerprint density at radius 2 is 0.833 bits per heavy atom. The summed E-state index contributed by atoms with van der Waals surface area (Å²) in [4.78, 5) is 0.424. The van der Waals surface area contributed by atoms with Gasteiger partial charge in [-0.25, -0.2) is 8.42 Å². The Labute approximate surface area is 266 Å². The summed E-state index contributed by atoms with van der Waals surface area (Å²) in [7, 11) is -3.49. The van der Waals surface area contributed by atoms with Crippen LogP contribution in [-0.4, -0.2) is 77.7 Å². The molecule has 2 radical (unpaired) electrons. The fourth-order valence-corrected chi connectivity index (χ4v) is 4.80. The first kappa shape index (κ1) is 33.0. The minimum absolute atomic E-state index is 0. The van der Waals surface area contributed by atoms with E-state index in [1.807, 2.05) is 24.3 Å². The van der Waals surface area contributed by atoms with Gasteiger partial charge in [0, 0.05) is 74.6 Å². The van der Waals surface area contributed by atoms with Crippen molar-refractivity contribution in [2.75, 3.05) is 0 Å². The van der Waals surface area contributed by atoms with Gasteiger partial charge >= 0.3 is 0 Å². The number of sulfone groups is 1. The smallest absolute Gasteiger partial charge is 0.206 e. The molecule has 0 aliphatic carbocycles. The van der Waals surface area contributed by atoms with Crippen LogP contribution in [0.5, 0.6) is 11.5 Å². The first-order chi connectivity index (χ1) is 16.0. The first-order valence-electron chi connectivity index (χ1n) is 10.4. The molecule has 0 amide bonds. The maximum Gasteiger partial charge on any atom is 0.206 e. The van der Waals surface area contributed by atoms with Crippen LogP contribution >= 0.6 is 23.2 Å². The molecule has 4 aromatic carbocycles. The van der Waals surface area contributed by atoms with Crippen molar-refractivity contribution >= 4 is 92.2 Å². The standard InChI is InChI=1S/C15H16O2.C12H8Cl2O2S.2Na/c1-15(2,11-3-7-13(16)8-4-11)12-5-9-14(17)10-6-12;13-9-1-5-11(6-2-9)17(15,16)12-7-3-10(14)4-8-12;;/h3-10,16-17H,1-2H3;1-8H;;. The summed E-state index contributed by atoms with van der Waals surface area (Å²) in [6, 6.07) is 26.5. The number of phenols is 2. The zero-order chi connectivity index (χ0) is 24.9. The van der Waals surface area contributed by atoms with Crippen molar-refractivity contribution in [1.82, 2.24) is 0 Å². The quantitative estimate of drug-likeness (QED) is 0.280. The van der Waals surface area contributed by atoms with Crippen LogP contribution in [0.25, 0.3) is 0 Å². The number of hydrogen-bond acceptors (Lipinski definition) is 4. The second-order valence-electron chi connectivity index (χ2n) is 8.13. The zero-order valence-corrected chi connectivity index (χ0v) is 26.9. The zero-order valence-electron chi connectivity index (χ0n) is 20.6. The summed E-state index contributed by atoms with van der Waals surface area (Å²) in [6.07, 6.45) is 0. The molecule has 0 atom stereocenters. The predicted octanol–water partition coefficient (Wildman–Crippen LogP) is 6.49. The normalized spacial score (nSPS) is 10.8. The van der Waals surface area contributed by atoms with Crippen molar-refractivity contribution in [2.45, 2.75) is 29.1 Å². The van der Waals surface area contributed by atoms with E-state index in [1.165, 1.54) is 24.3 Å². The summed E-state index contributed by atoms with van der Waals surface area (Å²) >= 11 is 11.4. The summed E-state index contributed by atoms with van der Waals surface area (Å²) in [6.45, 7) is 4.23. The van der Waals surface area contributed by atoms with E-state index in [2.05, 4.69) is 13.8 Å². The predicted molar refractivity (Wildman–Crippen MR) is 148 cm³/mol. The van der Waals surface area contributed by atoms with Crippen molar-refractivity contribution in [3.8, 4) is 11.5 Å². The van der Waals surface area contributed by atoms with Crippen molar-refractivity contribution < 1.29 is 18.6 Å². The van der Waals surface area contributed by atoms with Crippen LogP contribution in [0, 0.1) is 0 Å². The van der Waals surface area contributed by atoms with Gasteiger partial charge in [-0.1, -0.05) is 61.3 Å². The summed E-state index contributed by atoms with van der Waals surface area (Å²) in [5, 5.41) is 19.6. The molecule has 0 fully saturated rings. The molecule has 0 bridgehead atoms. The van der Waals surface area contributed by atoms with E-state index >= 15 is 0 Å². The van der Waals surface area contributed by atoms with E-state index in [9.17, 15) is 18.6 Å². The molecule has 0 aromatic heterocycles. The Bertz CT molecular complexity index is 1240. The number of phenolic OH excluding ortho intramolecular Hbond substituents is 2. The van der Waals surface area contributed by atoms with Crippen LogP contribution in [-0.2, 0) is 15.3 Å². The number of aromatic hydroxyl groups is 2. The monoisotopic (exact) mass is 560 g/mol. The Kier molecular flexibility index (Phi) is 13.1. The van der Waals surface area contributed by atoms with Gasteiger partial charge in [0.15, 0.2) is 0 Å². The van der Waals surface area contributed by atoms with Crippen LogP contribution < -0.4 is 0 Å². The molecule has 0 aliphatic rings. The van der Waals surface area contributed by atoms with Crippen molar-refractivity contribution in [3.05, 3.63) is 118 Å². The molecule has 4 aromatic rings. The maximum absolute atomic E-state index is 12.2. The Morgan fingerprint density at radius 3 is 1.11 bits per heavy atom. The minimum Gasteiger partial charge on any atom is -0.508 e. The molecule has 2 N–H and O–H groups in total. The Morgan fingerprint density at radius 1 is 0.556 bits per heavy atom. The van der Waals surface area contributed by atoms with E-state index in [-0.39, 0.29) is 85.8 Å². The van der Waals surface area contributed by atoms with Crippen molar-refractivity contribution in [3.63, 3.8) is 0 Å². The molecule has 4 rings (SSSR count). The van der Waals surface area contributed by atoms with Gasteiger partial charge in [0.25, 0.3) is 0 Å². The van der Waals surface area contributed by atoms with E-state index in [0.29, 0.717) is 10.0 Å². The second-order valence-corrected chi connectivity index (χ2v) is 11.0. The molecule has 0 unspecified atom stereocenters.